The number of hydrogen-bond donors (Lipinski definition) is 1. The average Bonchev–Trinajstić information content (AvgIpc) is 3.24. The van der Waals surface area contributed by atoms with Crippen LogP contribution in [-0.4, -0.2) is 37.2 Å². The van der Waals surface area contributed by atoms with Gasteiger partial charge in [-0.3, -0.25) is 4.79 Å². The van der Waals surface area contributed by atoms with Gasteiger partial charge < -0.3 is 5.32 Å². The van der Waals surface area contributed by atoms with Crippen molar-refractivity contribution in [1.82, 2.24) is 9.29 Å². The molecule has 1 N–H and O–H groups in total. The summed E-state index contributed by atoms with van der Waals surface area (Å²) in [6.07, 6.45) is 0.679. The molecular weight excluding hydrogens is 378 g/mol. The largest absolute Gasteiger partial charge is 0.302 e. The van der Waals surface area contributed by atoms with E-state index < -0.39 is 10.0 Å². The fourth-order valence-electron chi connectivity index (χ4n) is 2.25. The molecule has 0 radical (unpaired) electrons. The molecule has 0 unspecified atom stereocenters. The summed E-state index contributed by atoms with van der Waals surface area (Å²) >= 11 is 2.61. The van der Waals surface area contributed by atoms with E-state index in [1.165, 1.54) is 34.0 Å². The summed E-state index contributed by atoms with van der Waals surface area (Å²) in [7, 11) is -1.93. The number of carbonyl (C=O) groups is 1. The molecule has 0 aliphatic carbocycles. The summed E-state index contributed by atoms with van der Waals surface area (Å²) in [4.78, 5) is 16.4. The molecule has 0 aliphatic rings. The van der Waals surface area contributed by atoms with Gasteiger partial charge in [0.15, 0.2) is 5.13 Å². The number of thiazole rings is 1. The average molecular weight is 396 g/mol. The molecule has 1 aromatic carbocycles. The highest BCUT2D eigenvalue weighted by atomic mass is 32.2. The number of para-hydroxylation sites is 1. The number of aromatic nitrogens is 1. The number of amides is 1. The van der Waals surface area contributed by atoms with Gasteiger partial charge in [0.2, 0.25) is 5.91 Å². The van der Waals surface area contributed by atoms with E-state index in [9.17, 15) is 13.2 Å². The molecule has 0 saturated carbocycles. The normalized spacial score (nSPS) is 11.9. The second-order valence-electron chi connectivity index (χ2n) is 5.40. The van der Waals surface area contributed by atoms with Crippen LogP contribution in [0.3, 0.4) is 0 Å². The number of carbonyl (C=O) groups excluding carboxylic acids is 1. The van der Waals surface area contributed by atoms with Crippen molar-refractivity contribution in [2.24, 2.45) is 0 Å². The quantitative estimate of drug-likeness (QED) is 0.665. The molecule has 3 aromatic rings. The lowest BCUT2D eigenvalue weighted by molar-refractivity contribution is -0.116. The van der Waals surface area contributed by atoms with Gasteiger partial charge in [-0.25, -0.2) is 17.7 Å². The van der Waals surface area contributed by atoms with E-state index in [1.54, 1.807) is 17.5 Å². The Morgan fingerprint density at radius 3 is 2.76 bits per heavy atom. The number of hydrogen-bond acceptors (Lipinski definition) is 6. The predicted molar refractivity (Wildman–Crippen MR) is 102 cm³/mol. The Bertz CT molecular complexity index is 932. The van der Waals surface area contributed by atoms with Gasteiger partial charge in [0.25, 0.3) is 10.0 Å². The molecule has 0 aliphatic heterocycles. The fourth-order valence-corrected chi connectivity index (χ4v) is 5.55. The first-order valence-corrected chi connectivity index (χ1v) is 10.8. The molecule has 132 valence electrons. The molecule has 0 bridgehead atoms. The standard InChI is InChI=1S/C16H17N3O3S3/c1-19(25(21,22)15-9-5-11-23-15)10-4-8-14(20)18-16-17-12-6-2-3-7-13(12)24-16/h2-3,5-7,9,11H,4,8,10H2,1H3,(H,17,18,20). The van der Waals surface area contributed by atoms with Crippen LogP contribution in [0.4, 0.5) is 5.13 Å². The van der Waals surface area contributed by atoms with Gasteiger partial charge in [-0.1, -0.05) is 29.5 Å². The first kappa shape index (κ1) is 18.0. The zero-order chi connectivity index (χ0) is 17.9. The first-order chi connectivity index (χ1) is 12.0. The van der Waals surface area contributed by atoms with Crippen molar-refractivity contribution in [1.29, 1.82) is 0 Å². The second-order valence-corrected chi connectivity index (χ2v) is 9.65. The van der Waals surface area contributed by atoms with Crippen molar-refractivity contribution in [2.75, 3.05) is 18.9 Å². The zero-order valence-corrected chi connectivity index (χ0v) is 16.0. The van der Waals surface area contributed by atoms with E-state index in [1.807, 2.05) is 24.3 Å². The van der Waals surface area contributed by atoms with Gasteiger partial charge in [-0.15, -0.1) is 11.3 Å². The highest BCUT2D eigenvalue weighted by Crippen LogP contribution is 2.25. The minimum atomic E-state index is -3.46. The molecule has 2 aromatic heterocycles. The summed E-state index contributed by atoms with van der Waals surface area (Å²) in [6, 6.07) is 11.0. The SMILES string of the molecule is CN(CCCC(=O)Nc1nc2ccccc2s1)S(=O)(=O)c1cccs1. The Hall–Kier alpha value is -1.81. The third-order valence-electron chi connectivity index (χ3n) is 3.58. The van der Waals surface area contributed by atoms with Gasteiger partial charge in [0.05, 0.1) is 10.2 Å². The smallest absolute Gasteiger partial charge is 0.252 e. The molecule has 0 saturated heterocycles. The number of thiophene rings is 1. The summed E-state index contributed by atoms with van der Waals surface area (Å²) in [5, 5.41) is 5.06. The van der Waals surface area contributed by atoms with Crippen molar-refractivity contribution in [3.8, 4) is 0 Å². The van der Waals surface area contributed by atoms with Crippen molar-refractivity contribution in [3.63, 3.8) is 0 Å². The van der Waals surface area contributed by atoms with Crippen LogP contribution in [0, 0.1) is 0 Å². The van der Waals surface area contributed by atoms with E-state index in [4.69, 9.17) is 0 Å². The van der Waals surface area contributed by atoms with Crippen molar-refractivity contribution < 1.29 is 13.2 Å². The van der Waals surface area contributed by atoms with Crippen LogP contribution in [0.1, 0.15) is 12.8 Å². The van der Waals surface area contributed by atoms with Crippen LogP contribution in [-0.2, 0) is 14.8 Å². The second kappa shape index (κ2) is 7.61. The van der Waals surface area contributed by atoms with E-state index >= 15 is 0 Å². The topological polar surface area (TPSA) is 79.4 Å². The zero-order valence-electron chi connectivity index (χ0n) is 13.5. The summed E-state index contributed by atoms with van der Waals surface area (Å²) in [6.45, 7) is 0.285. The van der Waals surface area contributed by atoms with Crippen LogP contribution in [0.2, 0.25) is 0 Å². The maximum absolute atomic E-state index is 12.3. The maximum Gasteiger partial charge on any atom is 0.252 e. The molecule has 1 amide bonds. The van der Waals surface area contributed by atoms with E-state index in [2.05, 4.69) is 10.3 Å². The summed E-state index contributed by atoms with van der Waals surface area (Å²) < 4.78 is 27.2. The lowest BCUT2D eigenvalue weighted by atomic mass is 10.3. The first-order valence-electron chi connectivity index (χ1n) is 7.62. The monoisotopic (exact) mass is 395 g/mol. The lowest BCUT2D eigenvalue weighted by Crippen LogP contribution is -2.28. The highest BCUT2D eigenvalue weighted by Gasteiger charge is 2.21. The molecule has 0 spiro atoms. The molecule has 0 fully saturated rings. The van der Waals surface area contributed by atoms with Crippen molar-refractivity contribution in [3.05, 3.63) is 41.8 Å². The van der Waals surface area contributed by atoms with Crippen LogP contribution in [0.25, 0.3) is 10.2 Å². The number of nitrogens with zero attached hydrogens (tertiary/aromatic N) is 2. The number of sulfonamides is 1. The number of rotatable bonds is 7. The van der Waals surface area contributed by atoms with Gasteiger partial charge in [0, 0.05) is 20.0 Å². The van der Waals surface area contributed by atoms with E-state index in [0.29, 0.717) is 15.8 Å². The van der Waals surface area contributed by atoms with E-state index in [-0.39, 0.29) is 18.9 Å². The Morgan fingerprint density at radius 1 is 1.24 bits per heavy atom. The predicted octanol–water partition coefficient (Wildman–Crippen LogP) is 3.40. The summed E-state index contributed by atoms with van der Waals surface area (Å²) in [5.74, 6) is -0.166. The Morgan fingerprint density at radius 2 is 2.04 bits per heavy atom. The molecule has 9 heteroatoms. The molecule has 3 rings (SSSR count). The Labute approximate surface area is 154 Å². The molecule has 25 heavy (non-hydrogen) atoms. The minimum absolute atomic E-state index is 0.166. The van der Waals surface area contributed by atoms with Crippen molar-refractivity contribution in [2.45, 2.75) is 17.1 Å². The highest BCUT2D eigenvalue weighted by molar-refractivity contribution is 7.91. The molecule has 6 nitrogen and oxygen atoms in total. The maximum atomic E-state index is 12.3. The van der Waals surface area contributed by atoms with Gasteiger partial charge >= 0.3 is 0 Å². The van der Waals surface area contributed by atoms with Gasteiger partial charge in [-0.05, 0) is 30.0 Å². The Kier molecular flexibility index (Phi) is 5.48. The lowest BCUT2D eigenvalue weighted by Gasteiger charge is -2.15. The third-order valence-corrected chi connectivity index (χ3v) is 7.76. The van der Waals surface area contributed by atoms with E-state index in [0.717, 1.165) is 10.2 Å². The number of anilines is 1. The third kappa shape index (κ3) is 4.24. The molecular formula is C16H17N3O3S3. The summed E-state index contributed by atoms with van der Waals surface area (Å²) in [5.41, 5.74) is 0.851. The van der Waals surface area contributed by atoms with Crippen LogP contribution < -0.4 is 5.32 Å². The van der Waals surface area contributed by atoms with Gasteiger partial charge in [-0.2, -0.15) is 0 Å². The number of benzene rings is 1. The van der Waals surface area contributed by atoms with Crippen LogP contribution in [0.15, 0.2) is 46.0 Å². The van der Waals surface area contributed by atoms with Gasteiger partial charge in [0.1, 0.15) is 4.21 Å². The van der Waals surface area contributed by atoms with Crippen molar-refractivity contribution >= 4 is 54.0 Å². The molecule has 2 heterocycles. The fraction of sp³-hybridized carbons (Fsp3) is 0.250. The Balaban J connectivity index is 1.51. The van der Waals surface area contributed by atoms with Crippen LogP contribution >= 0.6 is 22.7 Å². The molecule has 0 atom stereocenters. The number of fused-ring (bicyclic) bond motifs is 1. The van der Waals surface area contributed by atoms with Crippen LogP contribution in [0.5, 0.6) is 0 Å². The minimum Gasteiger partial charge on any atom is -0.302 e. The number of nitrogens with one attached hydrogen (secondary N) is 1.